The van der Waals surface area contributed by atoms with Crippen molar-refractivity contribution >= 4 is 11.7 Å². The summed E-state index contributed by atoms with van der Waals surface area (Å²) in [7, 11) is 0. The number of nitrogens with two attached hydrogens (primary N) is 1. The number of hydrogen-bond acceptors (Lipinski definition) is 8. The van der Waals surface area contributed by atoms with Gasteiger partial charge >= 0.3 is 0 Å². The van der Waals surface area contributed by atoms with Gasteiger partial charge in [-0.25, -0.2) is 15.0 Å². The van der Waals surface area contributed by atoms with Gasteiger partial charge in [0.05, 0.1) is 29.8 Å². The number of anilines is 1. The quantitative estimate of drug-likeness (QED) is 0.710. The number of carbonyl (C=O) groups excluding carboxylic acids is 1. The molecule has 0 radical (unpaired) electrons. The Kier molecular flexibility index (Phi) is 4.64. The summed E-state index contributed by atoms with van der Waals surface area (Å²) in [5.74, 6) is -0.123. The summed E-state index contributed by atoms with van der Waals surface area (Å²) >= 11 is 0. The van der Waals surface area contributed by atoms with E-state index in [1.54, 1.807) is 19.3 Å². The summed E-state index contributed by atoms with van der Waals surface area (Å²) in [6, 6.07) is 0. The maximum Gasteiger partial charge on any atom is 0.274 e. The van der Waals surface area contributed by atoms with Crippen LogP contribution >= 0.6 is 0 Å². The summed E-state index contributed by atoms with van der Waals surface area (Å²) in [6.07, 6.45) is 6.87. The van der Waals surface area contributed by atoms with Crippen molar-refractivity contribution in [1.82, 2.24) is 30.2 Å². The van der Waals surface area contributed by atoms with Crippen molar-refractivity contribution in [2.24, 2.45) is 0 Å². The van der Waals surface area contributed by atoms with E-state index in [0.717, 1.165) is 12.1 Å². The van der Waals surface area contributed by atoms with Crippen LogP contribution in [-0.2, 0) is 13.0 Å². The second-order valence-corrected chi connectivity index (χ2v) is 5.21. The summed E-state index contributed by atoms with van der Waals surface area (Å²) in [6.45, 7) is 3.92. The van der Waals surface area contributed by atoms with Crippen molar-refractivity contribution in [3.63, 3.8) is 0 Å². The highest BCUT2D eigenvalue weighted by molar-refractivity contribution is 5.96. The van der Waals surface area contributed by atoms with Crippen molar-refractivity contribution in [2.45, 2.75) is 26.8 Å². The van der Waals surface area contributed by atoms with E-state index in [9.17, 15) is 4.79 Å². The first-order valence-corrected chi connectivity index (χ1v) is 7.71. The first-order valence-electron chi connectivity index (χ1n) is 7.71. The van der Waals surface area contributed by atoms with E-state index in [4.69, 9.17) is 10.2 Å². The fourth-order valence-corrected chi connectivity index (χ4v) is 2.33. The molecule has 3 aromatic rings. The van der Waals surface area contributed by atoms with Crippen LogP contribution in [-0.4, -0.2) is 30.8 Å². The van der Waals surface area contributed by atoms with Gasteiger partial charge in [-0.2, -0.15) is 0 Å². The summed E-state index contributed by atoms with van der Waals surface area (Å²) < 4.78 is 5.20. The summed E-state index contributed by atoms with van der Waals surface area (Å²) in [5.41, 5.74) is 8.38. The molecule has 3 N–H and O–H groups in total. The van der Waals surface area contributed by atoms with E-state index in [2.05, 4.69) is 30.2 Å². The molecular weight excluding hydrogens is 322 g/mol. The molecule has 0 unspecified atom stereocenters. The molecule has 0 aliphatic rings. The number of nitrogen functional groups attached to an aromatic ring is 1. The van der Waals surface area contributed by atoms with Crippen molar-refractivity contribution < 1.29 is 9.21 Å². The van der Waals surface area contributed by atoms with Crippen LogP contribution in [0, 0.1) is 6.92 Å². The average Bonchev–Trinajstić information content (AvgIpc) is 3.16. The number of aromatic nitrogens is 5. The Bertz CT molecular complexity index is 894. The number of amides is 1. The minimum Gasteiger partial charge on any atom is -0.443 e. The Morgan fingerprint density at radius 1 is 1.16 bits per heavy atom. The first-order chi connectivity index (χ1) is 12.1. The van der Waals surface area contributed by atoms with Crippen molar-refractivity contribution in [3.8, 4) is 11.6 Å². The first kappa shape index (κ1) is 16.5. The molecule has 0 aliphatic heterocycles. The zero-order valence-corrected chi connectivity index (χ0v) is 13.9. The molecule has 0 atom stereocenters. The Hall–Kier alpha value is -3.36. The molecule has 1 amide bonds. The van der Waals surface area contributed by atoms with Gasteiger partial charge in [0.2, 0.25) is 5.89 Å². The van der Waals surface area contributed by atoms with Gasteiger partial charge in [0.25, 0.3) is 5.91 Å². The standard InChI is InChI=1S/C16H17N7O2/c1-3-10-11(19-5-4-18-10)8-21-15(24)13-14(17)23-12(9(2)22-13)16-20-6-7-25-16/h4-7H,3,8H2,1-2H3,(H2,17,23)(H,21,24). The van der Waals surface area contributed by atoms with E-state index < -0.39 is 5.91 Å². The molecule has 0 saturated carbocycles. The van der Waals surface area contributed by atoms with E-state index in [1.807, 2.05) is 6.92 Å². The normalized spacial score (nSPS) is 10.6. The van der Waals surface area contributed by atoms with Crippen LogP contribution in [0.3, 0.4) is 0 Å². The molecule has 0 aromatic carbocycles. The van der Waals surface area contributed by atoms with Gasteiger partial charge < -0.3 is 15.5 Å². The molecular formula is C16H17N7O2. The van der Waals surface area contributed by atoms with Gasteiger partial charge in [-0.15, -0.1) is 0 Å². The molecule has 3 heterocycles. The van der Waals surface area contributed by atoms with Crippen LogP contribution < -0.4 is 11.1 Å². The number of aryl methyl sites for hydroxylation is 2. The topological polar surface area (TPSA) is 133 Å². The van der Waals surface area contributed by atoms with Gasteiger partial charge in [0.15, 0.2) is 11.5 Å². The van der Waals surface area contributed by atoms with Crippen LogP contribution in [0.25, 0.3) is 11.6 Å². The molecule has 0 saturated heterocycles. The van der Waals surface area contributed by atoms with Gasteiger partial charge in [0.1, 0.15) is 12.0 Å². The van der Waals surface area contributed by atoms with Crippen molar-refractivity contribution in [3.05, 3.63) is 47.6 Å². The maximum absolute atomic E-state index is 12.4. The zero-order valence-electron chi connectivity index (χ0n) is 13.9. The summed E-state index contributed by atoms with van der Waals surface area (Å²) in [4.78, 5) is 33.3. The predicted octanol–water partition coefficient (Wildman–Crippen LogP) is 1.30. The van der Waals surface area contributed by atoms with Crippen LogP contribution in [0.15, 0.2) is 29.3 Å². The van der Waals surface area contributed by atoms with Crippen LogP contribution in [0.1, 0.15) is 34.5 Å². The molecule has 0 spiro atoms. The number of nitrogens with one attached hydrogen (secondary N) is 1. The lowest BCUT2D eigenvalue weighted by Gasteiger charge is -2.10. The van der Waals surface area contributed by atoms with Crippen LogP contribution in [0.4, 0.5) is 5.82 Å². The molecule has 3 rings (SSSR count). The fraction of sp³-hybridized carbons (Fsp3) is 0.250. The molecule has 9 heteroatoms. The largest absolute Gasteiger partial charge is 0.443 e. The average molecular weight is 339 g/mol. The fourth-order valence-electron chi connectivity index (χ4n) is 2.33. The van der Waals surface area contributed by atoms with Gasteiger partial charge in [-0.3, -0.25) is 14.8 Å². The van der Waals surface area contributed by atoms with Gasteiger partial charge in [-0.1, -0.05) is 6.92 Å². The molecule has 25 heavy (non-hydrogen) atoms. The minimum atomic E-state index is -0.431. The number of hydrogen-bond donors (Lipinski definition) is 2. The number of nitrogens with zero attached hydrogens (tertiary/aromatic N) is 5. The maximum atomic E-state index is 12.4. The van der Waals surface area contributed by atoms with E-state index >= 15 is 0 Å². The van der Waals surface area contributed by atoms with Gasteiger partial charge in [0, 0.05) is 12.4 Å². The lowest BCUT2D eigenvalue weighted by molar-refractivity contribution is 0.0945. The van der Waals surface area contributed by atoms with Gasteiger partial charge in [-0.05, 0) is 13.3 Å². The highest BCUT2D eigenvalue weighted by atomic mass is 16.3. The van der Waals surface area contributed by atoms with Crippen molar-refractivity contribution in [1.29, 1.82) is 0 Å². The summed E-state index contributed by atoms with van der Waals surface area (Å²) in [5, 5.41) is 2.75. The van der Waals surface area contributed by atoms with E-state index in [-0.39, 0.29) is 18.1 Å². The molecule has 3 aromatic heterocycles. The Morgan fingerprint density at radius 2 is 1.92 bits per heavy atom. The Labute approximate surface area is 143 Å². The Morgan fingerprint density at radius 3 is 2.60 bits per heavy atom. The minimum absolute atomic E-state index is 0.00570. The number of rotatable bonds is 5. The monoisotopic (exact) mass is 339 g/mol. The number of oxazole rings is 1. The van der Waals surface area contributed by atoms with Crippen LogP contribution in [0.2, 0.25) is 0 Å². The second kappa shape index (κ2) is 7.04. The third-order valence-corrected chi connectivity index (χ3v) is 3.56. The zero-order chi connectivity index (χ0) is 17.8. The van der Waals surface area contributed by atoms with E-state index in [0.29, 0.717) is 23.0 Å². The number of carbonyl (C=O) groups is 1. The van der Waals surface area contributed by atoms with Crippen molar-refractivity contribution in [2.75, 3.05) is 5.73 Å². The second-order valence-electron chi connectivity index (χ2n) is 5.21. The third-order valence-electron chi connectivity index (χ3n) is 3.56. The van der Waals surface area contributed by atoms with E-state index in [1.165, 1.54) is 12.5 Å². The molecule has 9 nitrogen and oxygen atoms in total. The smallest absolute Gasteiger partial charge is 0.274 e. The predicted molar refractivity (Wildman–Crippen MR) is 89.3 cm³/mol. The molecule has 0 aliphatic carbocycles. The lowest BCUT2D eigenvalue weighted by Crippen LogP contribution is -2.27. The molecule has 0 fully saturated rings. The molecule has 0 bridgehead atoms. The molecule has 128 valence electrons. The third kappa shape index (κ3) is 3.44. The Balaban J connectivity index is 1.79. The highest BCUT2D eigenvalue weighted by Gasteiger charge is 2.19. The van der Waals surface area contributed by atoms with Crippen LogP contribution in [0.5, 0.6) is 0 Å². The SMILES string of the molecule is CCc1nccnc1CNC(=O)c1nc(C)c(-c2ncco2)nc1N. The lowest BCUT2D eigenvalue weighted by atomic mass is 10.2. The highest BCUT2D eigenvalue weighted by Crippen LogP contribution is 2.20.